The summed E-state index contributed by atoms with van der Waals surface area (Å²) >= 11 is 0. The van der Waals surface area contributed by atoms with Gasteiger partial charge in [-0.1, -0.05) is 81.2 Å². The molecule has 1 aromatic rings. The second kappa shape index (κ2) is 9.66. The van der Waals surface area contributed by atoms with E-state index in [9.17, 15) is 8.78 Å². The normalized spacial score (nSPS) is 28.4. The maximum absolute atomic E-state index is 13.1. The third-order valence-corrected chi connectivity index (χ3v) is 6.84. The van der Waals surface area contributed by atoms with Crippen molar-refractivity contribution in [2.75, 3.05) is 0 Å². The van der Waals surface area contributed by atoms with Crippen LogP contribution >= 0.6 is 0 Å². The summed E-state index contributed by atoms with van der Waals surface area (Å²) in [6, 6.07) is 10.6. The van der Waals surface area contributed by atoms with Crippen molar-refractivity contribution in [2.45, 2.75) is 77.6 Å². The van der Waals surface area contributed by atoms with Crippen LogP contribution in [0.25, 0.3) is 5.57 Å². The Morgan fingerprint density at radius 2 is 1.74 bits per heavy atom. The van der Waals surface area contributed by atoms with Gasteiger partial charge in [0, 0.05) is 5.92 Å². The third kappa shape index (κ3) is 5.09. The van der Waals surface area contributed by atoms with Crippen molar-refractivity contribution < 1.29 is 8.78 Å². The fourth-order valence-electron chi connectivity index (χ4n) is 5.06. The van der Waals surface area contributed by atoms with E-state index >= 15 is 0 Å². The molecule has 1 atom stereocenters. The lowest BCUT2D eigenvalue weighted by atomic mass is 9.61. The number of alkyl halides is 2. The van der Waals surface area contributed by atoms with Gasteiger partial charge in [0.2, 0.25) is 6.43 Å². The van der Waals surface area contributed by atoms with E-state index in [2.05, 4.69) is 55.5 Å². The molecule has 1 unspecified atom stereocenters. The maximum Gasteiger partial charge on any atom is 0.241 e. The van der Waals surface area contributed by atoms with Crippen LogP contribution in [0.2, 0.25) is 0 Å². The van der Waals surface area contributed by atoms with E-state index in [1.54, 1.807) is 0 Å². The molecular weight excluding hydrogens is 338 g/mol. The zero-order valence-electron chi connectivity index (χ0n) is 16.7. The first-order chi connectivity index (χ1) is 13.1. The standard InChI is InChI=1S/C25H34F2/c1-2-3-4-8-17-25(23-13-11-22(12-14-23)24(26)27)18-15-21(16-19-25)20-9-6-5-7-10-20/h5-7,9-10,15-16,18,22-24H,2-4,8,11-14,17,19H2,1H3. The first kappa shape index (κ1) is 20.3. The second-order valence-electron chi connectivity index (χ2n) is 8.55. The summed E-state index contributed by atoms with van der Waals surface area (Å²) in [5, 5.41) is 0. The molecule has 0 radical (unpaired) electrons. The summed E-state index contributed by atoms with van der Waals surface area (Å²) < 4.78 is 26.2. The Morgan fingerprint density at radius 3 is 2.33 bits per heavy atom. The third-order valence-electron chi connectivity index (χ3n) is 6.84. The van der Waals surface area contributed by atoms with E-state index in [0.717, 1.165) is 19.3 Å². The maximum atomic E-state index is 13.1. The molecule has 27 heavy (non-hydrogen) atoms. The predicted molar refractivity (Wildman–Crippen MR) is 111 cm³/mol. The van der Waals surface area contributed by atoms with Crippen LogP contribution in [0.4, 0.5) is 8.78 Å². The highest BCUT2D eigenvalue weighted by Crippen LogP contribution is 2.50. The van der Waals surface area contributed by atoms with Gasteiger partial charge in [-0.05, 0) is 61.0 Å². The van der Waals surface area contributed by atoms with E-state index in [0.29, 0.717) is 18.8 Å². The summed E-state index contributed by atoms with van der Waals surface area (Å²) in [7, 11) is 0. The molecule has 1 aromatic carbocycles. The van der Waals surface area contributed by atoms with Gasteiger partial charge in [0.25, 0.3) is 0 Å². The SMILES string of the molecule is CCCCCCC1(C2CCC(C(F)F)CC2)C=CC(c2ccccc2)=CC1. The smallest absolute Gasteiger partial charge is 0.210 e. The van der Waals surface area contributed by atoms with Crippen molar-refractivity contribution in [3.05, 3.63) is 54.1 Å². The summed E-state index contributed by atoms with van der Waals surface area (Å²) in [6.07, 6.45) is 15.7. The van der Waals surface area contributed by atoms with Gasteiger partial charge in [0.05, 0.1) is 0 Å². The van der Waals surface area contributed by atoms with Crippen LogP contribution in [0, 0.1) is 17.3 Å². The van der Waals surface area contributed by atoms with Crippen molar-refractivity contribution >= 4 is 5.57 Å². The molecule has 0 N–H and O–H groups in total. The van der Waals surface area contributed by atoms with Crippen LogP contribution in [0.5, 0.6) is 0 Å². The zero-order chi connectivity index (χ0) is 19.1. The monoisotopic (exact) mass is 372 g/mol. The van der Waals surface area contributed by atoms with E-state index < -0.39 is 6.43 Å². The fraction of sp³-hybridized carbons (Fsp3) is 0.600. The van der Waals surface area contributed by atoms with Crippen molar-refractivity contribution in [3.63, 3.8) is 0 Å². The Bertz CT molecular complexity index is 623. The number of halogens is 2. The minimum atomic E-state index is -2.14. The Labute approximate surface area is 163 Å². The predicted octanol–water partition coefficient (Wildman–Crippen LogP) is 8.06. The van der Waals surface area contributed by atoms with Crippen LogP contribution in [-0.2, 0) is 0 Å². The molecule has 0 spiro atoms. The lowest BCUT2D eigenvalue weighted by Gasteiger charge is -2.43. The highest BCUT2D eigenvalue weighted by Gasteiger charge is 2.40. The Balaban J connectivity index is 1.71. The van der Waals surface area contributed by atoms with Gasteiger partial charge < -0.3 is 0 Å². The highest BCUT2D eigenvalue weighted by molar-refractivity contribution is 5.75. The molecule has 2 aliphatic rings. The molecule has 0 saturated heterocycles. The van der Waals surface area contributed by atoms with Gasteiger partial charge in [-0.25, -0.2) is 8.78 Å². The molecule has 1 saturated carbocycles. The summed E-state index contributed by atoms with van der Waals surface area (Å²) in [6.45, 7) is 2.25. The van der Waals surface area contributed by atoms with Gasteiger partial charge in [-0.15, -0.1) is 0 Å². The molecule has 0 nitrogen and oxygen atoms in total. The van der Waals surface area contributed by atoms with Gasteiger partial charge in [-0.3, -0.25) is 0 Å². The number of hydrogen-bond acceptors (Lipinski definition) is 0. The van der Waals surface area contributed by atoms with Crippen LogP contribution < -0.4 is 0 Å². The molecule has 0 amide bonds. The quantitative estimate of drug-likeness (QED) is 0.405. The molecule has 3 rings (SSSR count). The van der Waals surface area contributed by atoms with Gasteiger partial charge in [0.15, 0.2) is 0 Å². The zero-order valence-corrected chi connectivity index (χ0v) is 16.7. The van der Waals surface area contributed by atoms with Gasteiger partial charge in [-0.2, -0.15) is 0 Å². The largest absolute Gasteiger partial charge is 0.241 e. The fourth-order valence-corrected chi connectivity index (χ4v) is 5.06. The Hall–Kier alpha value is -1.44. The second-order valence-corrected chi connectivity index (χ2v) is 8.55. The van der Waals surface area contributed by atoms with Crippen LogP contribution in [-0.4, -0.2) is 6.43 Å². The van der Waals surface area contributed by atoms with E-state index in [-0.39, 0.29) is 11.3 Å². The summed E-state index contributed by atoms with van der Waals surface area (Å²) in [5.74, 6) is 0.181. The van der Waals surface area contributed by atoms with E-state index in [1.165, 1.54) is 43.2 Å². The van der Waals surface area contributed by atoms with Crippen LogP contribution in [0.1, 0.15) is 76.7 Å². The topological polar surface area (TPSA) is 0 Å². The summed E-state index contributed by atoms with van der Waals surface area (Å²) in [5.41, 5.74) is 2.76. The summed E-state index contributed by atoms with van der Waals surface area (Å²) in [4.78, 5) is 0. The van der Waals surface area contributed by atoms with E-state index in [4.69, 9.17) is 0 Å². The lowest BCUT2D eigenvalue weighted by Crippen LogP contribution is -2.34. The number of rotatable bonds is 8. The van der Waals surface area contributed by atoms with Crippen molar-refractivity contribution in [1.82, 2.24) is 0 Å². The van der Waals surface area contributed by atoms with Gasteiger partial charge >= 0.3 is 0 Å². The number of allylic oxidation sites excluding steroid dienone is 4. The molecule has 0 aliphatic heterocycles. The molecule has 0 aromatic heterocycles. The minimum absolute atomic E-state index is 0.180. The number of benzene rings is 1. The van der Waals surface area contributed by atoms with E-state index in [1.807, 2.05) is 0 Å². The molecule has 2 aliphatic carbocycles. The lowest BCUT2D eigenvalue weighted by molar-refractivity contribution is 0.0280. The Kier molecular flexibility index (Phi) is 7.26. The van der Waals surface area contributed by atoms with Crippen LogP contribution in [0.15, 0.2) is 48.6 Å². The molecule has 148 valence electrons. The molecule has 0 bridgehead atoms. The van der Waals surface area contributed by atoms with Crippen LogP contribution in [0.3, 0.4) is 0 Å². The van der Waals surface area contributed by atoms with Crippen molar-refractivity contribution in [3.8, 4) is 0 Å². The first-order valence-electron chi connectivity index (χ1n) is 10.9. The average molecular weight is 373 g/mol. The van der Waals surface area contributed by atoms with Gasteiger partial charge in [0.1, 0.15) is 0 Å². The van der Waals surface area contributed by atoms with Crippen molar-refractivity contribution in [1.29, 1.82) is 0 Å². The molecular formula is C25H34F2. The minimum Gasteiger partial charge on any atom is -0.210 e. The Morgan fingerprint density at radius 1 is 1.00 bits per heavy atom. The molecule has 0 heterocycles. The number of unbranched alkanes of at least 4 members (excludes halogenated alkanes) is 3. The molecule has 1 fully saturated rings. The molecule has 2 heteroatoms. The van der Waals surface area contributed by atoms with Crippen molar-refractivity contribution in [2.24, 2.45) is 17.3 Å². The first-order valence-corrected chi connectivity index (χ1v) is 10.9. The number of hydrogen-bond donors (Lipinski definition) is 0. The highest BCUT2D eigenvalue weighted by atomic mass is 19.3. The average Bonchev–Trinajstić information content (AvgIpc) is 2.72.